The molecule has 5 N–H and O–H groups in total. The summed E-state index contributed by atoms with van der Waals surface area (Å²) in [7, 11) is 2.98. The standard InChI is InChI=1S/C23H24FN7O3/c1-12-16-7-14(24)4-5-15(16)23(33)31(3)11-17(27)21(18(8-25)28-2)13-6-19(34-12)22(29-10-13)30-20(32)9-26/h4-7,10,12H,9,11,26-27H2,1-3H3,(H,29,30,32)/t12-/m1/s1. The number of benzene rings is 1. The van der Waals surface area contributed by atoms with Crippen LogP contribution >= 0.6 is 0 Å². The second kappa shape index (κ2) is 10.1. The topological polar surface area (TPSA) is 160 Å². The zero-order valence-electron chi connectivity index (χ0n) is 18.9. The predicted molar refractivity (Wildman–Crippen MR) is 124 cm³/mol. The summed E-state index contributed by atoms with van der Waals surface area (Å²) in [6.45, 7) is 1.31. The number of likely N-dealkylation sites (N-methyl/N-ethyl adjacent to an activating group) is 1. The molecule has 0 saturated carbocycles. The molecular formula is C23H24FN7O3. The Morgan fingerprint density at radius 1 is 1.44 bits per heavy atom. The lowest BCUT2D eigenvalue weighted by molar-refractivity contribution is -0.114. The van der Waals surface area contributed by atoms with Crippen LogP contribution in [0.5, 0.6) is 5.75 Å². The Morgan fingerprint density at radius 3 is 2.82 bits per heavy atom. The van der Waals surface area contributed by atoms with Crippen LogP contribution in [0.2, 0.25) is 0 Å². The number of nitrogens with zero attached hydrogens (tertiary/aromatic N) is 4. The van der Waals surface area contributed by atoms with Gasteiger partial charge in [0.05, 0.1) is 13.1 Å². The molecule has 2 heterocycles. The summed E-state index contributed by atoms with van der Waals surface area (Å²) >= 11 is 0. The number of hydrogen-bond donors (Lipinski definition) is 3. The maximum Gasteiger partial charge on any atom is 0.254 e. The number of nitrogens with two attached hydrogens (primary N) is 2. The van der Waals surface area contributed by atoms with Crippen molar-refractivity contribution in [3.05, 3.63) is 58.7 Å². The van der Waals surface area contributed by atoms with Crippen molar-refractivity contribution in [1.82, 2.24) is 9.88 Å². The highest BCUT2D eigenvalue weighted by Crippen LogP contribution is 2.34. The van der Waals surface area contributed by atoms with Gasteiger partial charge in [-0.1, -0.05) is 0 Å². The smallest absolute Gasteiger partial charge is 0.254 e. The van der Waals surface area contributed by atoms with Crippen LogP contribution in [0.4, 0.5) is 10.2 Å². The molecule has 2 amide bonds. The average molecular weight is 465 g/mol. The number of aliphatic imine (C=N–C) groups is 1. The Balaban J connectivity index is 2.30. The molecule has 0 saturated heterocycles. The number of amides is 2. The number of pyridine rings is 1. The maximum absolute atomic E-state index is 14.1. The normalized spacial score (nSPS) is 16.6. The van der Waals surface area contributed by atoms with Crippen molar-refractivity contribution in [2.24, 2.45) is 16.5 Å². The molecule has 1 atom stereocenters. The molecule has 2 aromatic rings. The minimum absolute atomic E-state index is 0.0254. The molecule has 0 fully saturated rings. The largest absolute Gasteiger partial charge is 0.482 e. The third kappa shape index (κ3) is 4.87. The van der Waals surface area contributed by atoms with Gasteiger partial charge in [0.2, 0.25) is 5.91 Å². The first-order valence-electron chi connectivity index (χ1n) is 10.3. The lowest BCUT2D eigenvalue weighted by Crippen LogP contribution is -2.33. The zero-order chi connectivity index (χ0) is 25.0. The molecule has 3 rings (SSSR count). The molecule has 0 aliphatic carbocycles. The Morgan fingerprint density at radius 2 is 2.18 bits per heavy atom. The molecule has 10 nitrogen and oxygen atoms in total. The number of rotatable bonds is 3. The van der Waals surface area contributed by atoms with Crippen molar-refractivity contribution in [3.8, 4) is 11.8 Å². The van der Waals surface area contributed by atoms with E-state index in [4.69, 9.17) is 16.2 Å². The highest BCUT2D eigenvalue weighted by atomic mass is 19.1. The second-order valence-corrected chi connectivity index (χ2v) is 7.56. The van der Waals surface area contributed by atoms with E-state index in [1.807, 2.05) is 6.07 Å². The third-order valence-corrected chi connectivity index (χ3v) is 5.21. The van der Waals surface area contributed by atoms with Gasteiger partial charge in [0, 0.05) is 48.3 Å². The molecule has 34 heavy (non-hydrogen) atoms. The number of allylic oxidation sites excluding steroid dienone is 1. The fourth-order valence-corrected chi connectivity index (χ4v) is 3.57. The van der Waals surface area contributed by atoms with Gasteiger partial charge in [-0.3, -0.25) is 14.6 Å². The molecule has 1 aromatic heterocycles. The van der Waals surface area contributed by atoms with E-state index < -0.39 is 23.7 Å². The van der Waals surface area contributed by atoms with E-state index in [1.165, 1.54) is 36.3 Å². The Hall–Kier alpha value is -4.30. The lowest BCUT2D eigenvalue weighted by Gasteiger charge is -2.25. The summed E-state index contributed by atoms with van der Waals surface area (Å²) in [6, 6.07) is 7.31. The molecule has 2 bridgehead atoms. The van der Waals surface area contributed by atoms with Crippen molar-refractivity contribution in [3.63, 3.8) is 0 Å². The Kier molecular flexibility index (Phi) is 7.23. The minimum Gasteiger partial charge on any atom is -0.482 e. The molecule has 11 heteroatoms. The molecule has 0 unspecified atom stereocenters. The van der Waals surface area contributed by atoms with E-state index in [0.29, 0.717) is 11.1 Å². The van der Waals surface area contributed by atoms with Gasteiger partial charge in [0.1, 0.15) is 23.7 Å². The van der Waals surface area contributed by atoms with Crippen molar-refractivity contribution in [1.29, 1.82) is 5.26 Å². The molecular weight excluding hydrogens is 441 g/mol. The average Bonchev–Trinajstić information content (AvgIpc) is 2.82. The van der Waals surface area contributed by atoms with Gasteiger partial charge in [0.15, 0.2) is 11.6 Å². The number of halogens is 1. The van der Waals surface area contributed by atoms with Gasteiger partial charge in [-0.25, -0.2) is 9.37 Å². The summed E-state index contributed by atoms with van der Waals surface area (Å²) < 4.78 is 20.2. The fourth-order valence-electron chi connectivity index (χ4n) is 3.57. The van der Waals surface area contributed by atoms with Crippen molar-refractivity contribution >= 4 is 28.9 Å². The van der Waals surface area contributed by atoms with Crippen molar-refractivity contribution < 1.29 is 18.7 Å². The highest BCUT2D eigenvalue weighted by molar-refractivity contribution is 6.32. The number of anilines is 1. The van der Waals surface area contributed by atoms with Crippen LogP contribution in [0.15, 0.2) is 41.2 Å². The first-order valence-corrected chi connectivity index (χ1v) is 10.3. The number of nitriles is 1. The minimum atomic E-state index is -0.812. The SMILES string of the molecule is CN=C(C#N)C1=C(N)CN(C)C(=O)c2ccc(F)cc2[C@@H](C)Oc2cc1cnc2NC(=O)CN. The lowest BCUT2D eigenvalue weighted by atomic mass is 9.98. The van der Waals surface area contributed by atoms with E-state index in [2.05, 4.69) is 15.3 Å². The van der Waals surface area contributed by atoms with Crippen LogP contribution in [0.1, 0.15) is 34.5 Å². The van der Waals surface area contributed by atoms with E-state index in [9.17, 15) is 19.2 Å². The number of carbonyl (C=O) groups excluding carboxylic acids is 2. The van der Waals surface area contributed by atoms with Crippen LogP contribution in [0.25, 0.3) is 5.57 Å². The maximum atomic E-state index is 14.1. The summed E-state index contributed by atoms with van der Waals surface area (Å²) in [5, 5.41) is 12.2. The number of carbonyl (C=O) groups is 2. The number of hydrogen-bond acceptors (Lipinski definition) is 8. The summed E-state index contributed by atoms with van der Waals surface area (Å²) in [4.78, 5) is 34.8. The van der Waals surface area contributed by atoms with Gasteiger partial charge in [0.25, 0.3) is 5.91 Å². The second-order valence-electron chi connectivity index (χ2n) is 7.56. The summed E-state index contributed by atoms with van der Waals surface area (Å²) in [5.74, 6) is -1.29. The van der Waals surface area contributed by atoms with Gasteiger partial charge in [-0.05, 0) is 31.2 Å². The van der Waals surface area contributed by atoms with Crippen LogP contribution < -0.4 is 21.5 Å². The number of ether oxygens (including phenoxy) is 1. The number of aromatic nitrogens is 1. The van der Waals surface area contributed by atoms with Crippen LogP contribution in [0, 0.1) is 17.1 Å². The predicted octanol–water partition coefficient (Wildman–Crippen LogP) is 1.61. The van der Waals surface area contributed by atoms with Crippen LogP contribution in [0.3, 0.4) is 0 Å². The molecule has 0 radical (unpaired) electrons. The highest BCUT2D eigenvalue weighted by Gasteiger charge is 2.26. The van der Waals surface area contributed by atoms with E-state index in [1.54, 1.807) is 20.0 Å². The van der Waals surface area contributed by atoms with Crippen molar-refractivity contribution in [2.75, 3.05) is 32.5 Å². The number of fused-ring (bicyclic) bond motifs is 3. The van der Waals surface area contributed by atoms with E-state index in [0.717, 1.165) is 0 Å². The van der Waals surface area contributed by atoms with Crippen LogP contribution in [-0.2, 0) is 4.79 Å². The van der Waals surface area contributed by atoms with Gasteiger partial charge in [-0.2, -0.15) is 5.26 Å². The molecule has 1 aliphatic heterocycles. The van der Waals surface area contributed by atoms with Crippen LogP contribution in [-0.4, -0.2) is 54.6 Å². The van der Waals surface area contributed by atoms with Gasteiger partial charge >= 0.3 is 0 Å². The van der Waals surface area contributed by atoms with E-state index in [-0.39, 0.29) is 47.2 Å². The first kappa shape index (κ1) is 24.3. The zero-order valence-corrected chi connectivity index (χ0v) is 18.9. The quantitative estimate of drug-likeness (QED) is 0.581. The third-order valence-electron chi connectivity index (χ3n) is 5.21. The fraction of sp³-hybridized carbons (Fsp3) is 0.261. The Labute approximate surface area is 195 Å². The summed E-state index contributed by atoms with van der Waals surface area (Å²) in [6.07, 6.45) is 0.586. The molecule has 176 valence electrons. The van der Waals surface area contributed by atoms with Gasteiger partial charge in [-0.15, -0.1) is 0 Å². The molecule has 1 aliphatic rings. The molecule has 1 aromatic carbocycles. The van der Waals surface area contributed by atoms with Crippen molar-refractivity contribution in [2.45, 2.75) is 13.0 Å². The Bertz CT molecular complexity index is 1250. The monoisotopic (exact) mass is 465 g/mol. The summed E-state index contributed by atoms with van der Waals surface area (Å²) in [5.41, 5.74) is 13.1. The first-order chi connectivity index (χ1) is 16.2. The van der Waals surface area contributed by atoms with E-state index >= 15 is 0 Å². The molecule has 0 spiro atoms. The number of nitrogens with one attached hydrogen (secondary N) is 1. The van der Waals surface area contributed by atoms with Gasteiger partial charge < -0.3 is 26.4 Å².